The molecule has 4 aromatic rings. The van der Waals surface area contributed by atoms with Gasteiger partial charge in [0.25, 0.3) is 5.91 Å². The number of nitrogens with zero attached hydrogens (tertiary/aromatic N) is 2. The van der Waals surface area contributed by atoms with Gasteiger partial charge in [-0.1, -0.05) is 30.3 Å². The monoisotopic (exact) mass is 383 g/mol. The second kappa shape index (κ2) is 6.53. The SMILES string of the molecule is O=C(Nc1ccc(-n2ccnc2)c(F)c1)c1ccc2c(c1)C(=O)c1ccccc1-2. The first-order valence-electron chi connectivity index (χ1n) is 8.99. The standard InChI is InChI=1S/C23H14FN3O2/c24-20-12-15(6-8-21(20)27-10-9-25-13-27)26-23(29)14-5-7-17-16-3-1-2-4-18(16)22(28)19(17)11-14/h1-13H,(H,26,29). The fourth-order valence-corrected chi connectivity index (χ4v) is 3.57. The van der Waals surface area contributed by atoms with Crippen molar-refractivity contribution < 1.29 is 14.0 Å². The summed E-state index contributed by atoms with van der Waals surface area (Å²) in [5.41, 5.74) is 3.82. The number of carbonyl (C=O) groups excluding carboxylic acids is 2. The molecule has 0 unspecified atom stereocenters. The molecule has 0 bridgehead atoms. The van der Waals surface area contributed by atoms with Crippen molar-refractivity contribution in [2.75, 3.05) is 5.32 Å². The lowest BCUT2D eigenvalue weighted by Crippen LogP contribution is -2.13. The van der Waals surface area contributed by atoms with Crippen molar-refractivity contribution in [2.24, 2.45) is 0 Å². The number of imidazole rings is 1. The van der Waals surface area contributed by atoms with Crippen LogP contribution >= 0.6 is 0 Å². The Balaban J connectivity index is 1.41. The van der Waals surface area contributed by atoms with Crippen molar-refractivity contribution in [1.29, 1.82) is 0 Å². The van der Waals surface area contributed by atoms with Crippen LogP contribution in [0.1, 0.15) is 26.3 Å². The Bertz CT molecular complexity index is 1280. The number of fused-ring (bicyclic) bond motifs is 3. The van der Waals surface area contributed by atoms with Crippen LogP contribution < -0.4 is 5.32 Å². The number of amides is 1. The summed E-state index contributed by atoms with van der Waals surface area (Å²) in [6, 6.07) is 16.8. The molecule has 29 heavy (non-hydrogen) atoms. The topological polar surface area (TPSA) is 64.0 Å². The van der Waals surface area contributed by atoms with E-state index in [0.717, 1.165) is 11.1 Å². The maximum atomic E-state index is 14.4. The smallest absolute Gasteiger partial charge is 0.255 e. The Kier molecular flexibility index (Phi) is 3.84. The second-order valence-corrected chi connectivity index (χ2v) is 6.73. The van der Waals surface area contributed by atoms with E-state index in [1.807, 2.05) is 18.2 Å². The van der Waals surface area contributed by atoms with Gasteiger partial charge in [0.15, 0.2) is 5.78 Å². The summed E-state index contributed by atoms with van der Waals surface area (Å²) in [7, 11) is 0. The van der Waals surface area contributed by atoms with Gasteiger partial charge in [-0.2, -0.15) is 0 Å². The molecule has 6 heteroatoms. The van der Waals surface area contributed by atoms with Crippen LogP contribution in [0.15, 0.2) is 79.4 Å². The number of halogens is 1. The van der Waals surface area contributed by atoms with Crippen molar-refractivity contribution in [3.63, 3.8) is 0 Å². The minimum absolute atomic E-state index is 0.0963. The van der Waals surface area contributed by atoms with Gasteiger partial charge in [0, 0.05) is 34.8 Å². The van der Waals surface area contributed by atoms with Crippen molar-refractivity contribution >= 4 is 17.4 Å². The zero-order valence-corrected chi connectivity index (χ0v) is 15.1. The van der Waals surface area contributed by atoms with Gasteiger partial charge in [-0.05, 0) is 41.5 Å². The number of aromatic nitrogens is 2. The average Bonchev–Trinajstić information content (AvgIpc) is 3.36. The van der Waals surface area contributed by atoms with E-state index in [9.17, 15) is 14.0 Å². The van der Waals surface area contributed by atoms with E-state index in [4.69, 9.17) is 0 Å². The first-order valence-corrected chi connectivity index (χ1v) is 8.99. The number of carbonyl (C=O) groups is 2. The lowest BCUT2D eigenvalue weighted by molar-refractivity contribution is 0.102. The van der Waals surface area contributed by atoms with Crippen LogP contribution in [0.4, 0.5) is 10.1 Å². The molecule has 1 aliphatic carbocycles. The third-order valence-corrected chi connectivity index (χ3v) is 4.98. The highest BCUT2D eigenvalue weighted by Gasteiger charge is 2.27. The Morgan fingerprint density at radius 3 is 2.48 bits per heavy atom. The summed E-state index contributed by atoms with van der Waals surface area (Å²) < 4.78 is 16.0. The molecule has 0 fully saturated rings. The summed E-state index contributed by atoms with van der Waals surface area (Å²) in [5, 5.41) is 2.68. The number of rotatable bonds is 3. The van der Waals surface area contributed by atoms with E-state index < -0.39 is 11.7 Å². The van der Waals surface area contributed by atoms with Crippen LogP contribution in [-0.2, 0) is 0 Å². The number of benzene rings is 3. The van der Waals surface area contributed by atoms with Crippen LogP contribution in [0, 0.1) is 5.82 Å². The van der Waals surface area contributed by atoms with E-state index in [0.29, 0.717) is 28.1 Å². The van der Waals surface area contributed by atoms with Crippen LogP contribution in [0.25, 0.3) is 16.8 Å². The normalized spacial score (nSPS) is 11.8. The maximum absolute atomic E-state index is 14.4. The molecule has 3 aromatic carbocycles. The first-order chi connectivity index (χ1) is 14.1. The zero-order valence-electron chi connectivity index (χ0n) is 15.1. The van der Waals surface area contributed by atoms with E-state index in [2.05, 4.69) is 10.3 Å². The Hall–Kier alpha value is -4.06. The van der Waals surface area contributed by atoms with Crippen LogP contribution in [0.2, 0.25) is 0 Å². The van der Waals surface area contributed by atoms with Crippen molar-refractivity contribution in [2.45, 2.75) is 0 Å². The van der Waals surface area contributed by atoms with Gasteiger partial charge in [0.1, 0.15) is 5.82 Å². The minimum atomic E-state index is -0.486. The molecule has 0 saturated heterocycles. The molecule has 1 amide bonds. The van der Waals surface area contributed by atoms with Crippen LogP contribution in [0.3, 0.4) is 0 Å². The summed E-state index contributed by atoms with van der Waals surface area (Å²) in [4.78, 5) is 29.2. The highest BCUT2D eigenvalue weighted by atomic mass is 19.1. The molecule has 1 aromatic heterocycles. The second-order valence-electron chi connectivity index (χ2n) is 6.73. The molecule has 5 nitrogen and oxygen atoms in total. The number of nitrogens with one attached hydrogen (secondary N) is 1. The molecule has 0 spiro atoms. The molecule has 1 aliphatic rings. The molecule has 0 aliphatic heterocycles. The van der Waals surface area contributed by atoms with Gasteiger partial charge in [0.2, 0.25) is 0 Å². The quantitative estimate of drug-likeness (QED) is 0.500. The zero-order chi connectivity index (χ0) is 20.0. The molecule has 1 heterocycles. The number of hydrogen-bond acceptors (Lipinski definition) is 3. The molecule has 0 atom stereocenters. The largest absolute Gasteiger partial charge is 0.322 e. The van der Waals surface area contributed by atoms with Gasteiger partial charge in [-0.3, -0.25) is 9.59 Å². The number of ketones is 1. The maximum Gasteiger partial charge on any atom is 0.255 e. The summed E-state index contributed by atoms with van der Waals surface area (Å²) in [6.07, 6.45) is 4.69. The predicted molar refractivity (Wildman–Crippen MR) is 107 cm³/mol. The van der Waals surface area contributed by atoms with Crippen LogP contribution in [0.5, 0.6) is 0 Å². The van der Waals surface area contributed by atoms with E-state index in [1.165, 1.54) is 12.4 Å². The fourth-order valence-electron chi connectivity index (χ4n) is 3.57. The molecule has 140 valence electrons. The van der Waals surface area contributed by atoms with Crippen molar-refractivity contribution in [3.8, 4) is 16.8 Å². The third-order valence-electron chi connectivity index (χ3n) is 4.98. The minimum Gasteiger partial charge on any atom is -0.322 e. The average molecular weight is 383 g/mol. The number of hydrogen-bond donors (Lipinski definition) is 1. The molecule has 5 rings (SSSR count). The van der Waals surface area contributed by atoms with Gasteiger partial charge >= 0.3 is 0 Å². The Morgan fingerprint density at radius 2 is 1.72 bits per heavy atom. The first kappa shape index (κ1) is 17.1. The molecular weight excluding hydrogens is 369 g/mol. The van der Waals surface area contributed by atoms with E-state index in [-0.39, 0.29) is 5.78 Å². The van der Waals surface area contributed by atoms with Crippen LogP contribution in [-0.4, -0.2) is 21.2 Å². The Morgan fingerprint density at radius 1 is 0.931 bits per heavy atom. The van der Waals surface area contributed by atoms with Crippen molar-refractivity contribution in [3.05, 3.63) is 102 Å². The van der Waals surface area contributed by atoms with E-state index in [1.54, 1.807) is 53.4 Å². The molecule has 0 saturated carbocycles. The van der Waals surface area contributed by atoms with Gasteiger partial charge in [0.05, 0.1) is 12.0 Å². The summed E-state index contributed by atoms with van der Waals surface area (Å²) >= 11 is 0. The summed E-state index contributed by atoms with van der Waals surface area (Å²) in [6.45, 7) is 0. The Labute approximate surface area is 165 Å². The molecule has 1 N–H and O–H groups in total. The third kappa shape index (κ3) is 2.82. The highest BCUT2D eigenvalue weighted by molar-refractivity contribution is 6.22. The van der Waals surface area contributed by atoms with E-state index >= 15 is 0 Å². The lowest BCUT2D eigenvalue weighted by atomic mass is 10.0. The summed E-state index contributed by atoms with van der Waals surface area (Å²) in [5.74, 6) is -0.993. The van der Waals surface area contributed by atoms with Gasteiger partial charge in [-0.25, -0.2) is 9.37 Å². The van der Waals surface area contributed by atoms with Gasteiger partial charge in [-0.15, -0.1) is 0 Å². The highest BCUT2D eigenvalue weighted by Crippen LogP contribution is 2.36. The fraction of sp³-hybridized carbons (Fsp3) is 0. The number of anilines is 1. The van der Waals surface area contributed by atoms with Crippen molar-refractivity contribution in [1.82, 2.24) is 9.55 Å². The molecular formula is C23H14FN3O2. The van der Waals surface area contributed by atoms with Gasteiger partial charge < -0.3 is 9.88 Å². The molecule has 0 radical (unpaired) electrons. The predicted octanol–water partition coefficient (Wildman–Crippen LogP) is 4.48. The lowest BCUT2D eigenvalue weighted by Gasteiger charge is -2.09.